The molecule has 0 fully saturated rings. The van der Waals surface area contributed by atoms with E-state index in [0.717, 1.165) is 12.8 Å². The van der Waals surface area contributed by atoms with Gasteiger partial charge in [-0.25, -0.2) is 0 Å². The predicted octanol–water partition coefficient (Wildman–Crippen LogP) is 2.04. The Morgan fingerprint density at radius 2 is 2.40 bits per heavy atom. The minimum Gasteiger partial charge on any atom is -0.396 e. The average molecular weight is 138 g/mol. The molecule has 0 aliphatic heterocycles. The van der Waals surface area contributed by atoms with Crippen LogP contribution in [-0.2, 0) is 0 Å². The van der Waals surface area contributed by atoms with Crippen molar-refractivity contribution in [3.05, 3.63) is 23.8 Å². The smallest absolute Gasteiger partial charge is 0.0468 e. The van der Waals surface area contributed by atoms with Gasteiger partial charge in [-0.2, -0.15) is 0 Å². The van der Waals surface area contributed by atoms with Gasteiger partial charge in [-0.05, 0) is 25.7 Å². The van der Waals surface area contributed by atoms with Crippen LogP contribution in [0.4, 0.5) is 0 Å². The SMILES string of the molecule is OCCC1=CC=CCCC1. The maximum atomic E-state index is 8.65. The first-order chi connectivity index (χ1) is 4.93. The maximum absolute atomic E-state index is 8.65. The highest BCUT2D eigenvalue weighted by atomic mass is 16.2. The van der Waals surface area contributed by atoms with E-state index in [2.05, 4.69) is 18.2 Å². The zero-order valence-corrected chi connectivity index (χ0v) is 6.21. The number of allylic oxidation sites excluding steroid dienone is 3. The van der Waals surface area contributed by atoms with Crippen LogP contribution in [0, 0.1) is 0 Å². The summed E-state index contributed by atoms with van der Waals surface area (Å²) in [6, 6.07) is 0. The van der Waals surface area contributed by atoms with E-state index in [1.54, 1.807) is 0 Å². The van der Waals surface area contributed by atoms with E-state index >= 15 is 0 Å². The monoisotopic (exact) mass is 138 g/mol. The molecular formula is C9H14O. The molecule has 0 saturated carbocycles. The van der Waals surface area contributed by atoms with Gasteiger partial charge in [-0.15, -0.1) is 0 Å². The van der Waals surface area contributed by atoms with Gasteiger partial charge in [0, 0.05) is 6.61 Å². The second-order valence-corrected chi connectivity index (χ2v) is 2.62. The molecule has 0 aromatic carbocycles. The molecule has 0 aromatic rings. The highest BCUT2D eigenvalue weighted by Crippen LogP contribution is 2.14. The molecule has 1 N–H and O–H groups in total. The number of aliphatic hydroxyl groups is 1. The van der Waals surface area contributed by atoms with Crippen LogP contribution in [0.2, 0.25) is 0 Å². The normalized spacial score (nSPS) is 18.3. The second kappa shape index (κ2) is 4.29. The van der Waals surface area contributed by atoms with E-state index in [9.17, 15) is 0 Å². The molecule has 0 spiro atoms. The van der Waals surface area contributed by atoms with Crippen molar-refractivity contribution in [2.75, 3.05) is 6.61 Å². The molecule has 56 valence electrons. The molecule has 1 nitrogen and oxygen atoms in total. The summed E-state index contributed by atoms with van der Waals surface area (Å²) >= 11 is 0. The van der Waals surface area contributed by atoms with Gasteiger partial charge in [0.25, 0.3) is 0 Å². The van der Waals surface area contributed by atoms with Crippen molar-refractivity contribution in [2.45, 2.75) is 25.7 Å². The third kappa shape index (κ3) is 2.36. The minimum absolute atomic E-state index is 0.291. The zero-order chi connectivity index (χ0) is 7.23. The van der Waals surface area contributed by atoms with Gasteiger partial charge in [-0.3, -0.25) is 0 Å². The summed E-state index contributed by atoms with van der Waals surface area (Å²) in [7, 11) is 0. The zero-order valence-electron chi connectivity index (χ0n) is 6.21. The Labute approximate surface area is 62.1 Å². The summed E-state index contributed by atoms with van der Waals surface area (Å²) < 4.78 is 0. The van der Waals surface area contributed by atoms with Crippen LogP contribution in [0.25, 0.3) is 0 Å². The molecule has 0 saturated heterocycles. The molecule has 1 aliphatic carbocycles. The highest BCUT2D eigenvalue weighted by Gasteiger charge is 1.97. The predicted molar refractivity (Wildman–Crippen MR) is 42.8 cm³/mol. The molecule has 0 bridgehead atoms. The van der Waals surface area contributed by atoms with Gasteiger partial charge in [0.2, 0.25) is 0 Å². The van der Waals surface area contributed by atoms with Crippen LogP contribution in [0.5, 0.6) is 0 Å². The third-order valence-corrected chi connectivity index (χ3v) is 1.77. The van der Waals surface area contributed by atoms with Crippen LogP contribution in [-0.4, -0.2) is 11.7 Å². The molecule has 1 aliphatic rings. The Balaban J connectivity index is 2.41. The summed E-state index contributed by atoms with van der Waals surface area (Å²) in [6.07, 6.45) is 10.8. The molecule has 0 atom stereocenters. The number of aliphatic hydroxyl groups excluding tert-OH is 1. The molecule has 0 radical (unpaired) electrons. The van der Waals surface area contributed by atoms with Crippen molar-refractivity contribution < 1.29 is 5.11 Å². The van der Waals surface area contributed by atoms with Crippen molar-refractivity contribution in [2.24, 2.45) is 0 Å². The van der Waals surface area contributed by atoms with Gasteiger partial charge in [-0.1, -0.05) is 23.8 Å². The Bertz CT molecular complexity index is 141. The molecule has 1 heteroatoms. The van der Waals surface area contributed by atoms with E-state index in [1.165, 1.54) is 18.4 Å². The molecule has 0 aromatic heterocycles. The lowest BCUT2D eigenvalue weighted by molar-refractivity contribution is 0.298. The standard InChI is InChI=1S/C9H14O/c10-8-7-9-5-3-1-2-4-6-9/h1,3,5,10H,2,4,6-8H2. The maximum Gasteiger partial charge on any atom is 0.0468 e. The molecular weight excluding hydrogens is 124 g/mol. The van der Waals surface area contributed by atoms with Gasteiger partial charge < -0.3 is 5.11 Å². The fourth-order valence-electron chi connectivity index (χ4n) is 1.18. The van der Waals surface area contributed by atoms with Crippen LogP contribution in [0.1, 0.15) is 25.7 Å². The first kappa shape index (κ1) is 7.55. The van der Waals surface area contributed by atoms with Crippen molar-refractivity contribution in [3.8, 4) is 0 Å². The molecule has 0 amide bonds. The van der Waals surface area contributed by atoms with Crippen molar-refractivity contribution in [1.29, 1.82) is 0 Å². The lowest BCUT2D eigenvalue weighted by atomic mass is 10.1. The topological polar surface area (TPSA) is 20.2 Å². The lowest BCUT2D eigenvalue weighted by Gasteiger charge is -2.00. The van der Waals surface area contributed by atoms with Gasteiger partial charge in [0.15, 0.2) is 0 Å². The fraction of sp³-hybridized carbons (Fsp3) is 0.556. The van der Waals surface area contributed by atoms with E-state index in [0.29, 0.717) is 6.61 Å². The summed E-state index contributed by atoms with van der Waals surface area (Å²) in [5, 5.41) is 8.65. The quantitative estimate of drug-likeness (QED) is 0.619. The van der Waals surface area contributed by atoms with E-state index in [4.69, 9.17) is 5.11 Å². The third-order valence-electron chi connectivity index (χ3n) is 1.77. The van der Waals surface area contributed by atoms with Crippen molar-refractivity contribution >= 4 is 0 Å². The van der Waals surface area contributed by atoms with Crippen LogP contribution >= 0.6 is 0 Å². The first-order valence-electron chi connectivity index (χ1n) is 3.89. The number of hydrogen-bond donors (Lipinski definition) is 1. The Hall–Kier alpha value is -0.560. The van der Waals surface area contributed by atoms with E-state index in [-0.39, 0.29) is 0 Å². The summed E-state index contributed by atoms with van der Waals surface area (Å²) in [5.74, 6) is 0. The summed E-state index contributed by atoms with van der Waals surface area (Å²) in [6.45, 7) is 0.291. The Kier molecular flexibility index (Phi) is 3.23. The highest BCUT2D eigenvalue weighted by molar-refractivity contribution is 5.14. The van der Waals surface area contributed by atoms with E-state index in [1.807, 2.05) is 0 Å². The molecule has 0 heterocycles. The minimum atomic E-state index is 0.291. The van der Waals surface area contributed by atoms with Gasteiger partial charge >= 0.3 is 0 Å². The van der Waals surface area contributed by atoms with Crippen LogP contribution in [0.15, 0.2) is 23.8 Å². The first-order valence-corrected chi connectivity index (χ1v) is 3.89. The summed E-state index contributed by atoms with van der Waals surface area (Å²) in [5.41, 5.74) is 1.39. The van der Waals surface area contributed by atoms with Gasteiger partial charge in [0.1, 0.15) is 0 Å². The van der Waals surface area contributed by atoms with Gasteiger partial charge in [0.05, 0.1) is 0 Å². The second-order valence-electron chi connectivity index (χ2n) is 2.62. The molecule has 0 unspecified atom stereocenters. The Morgan fingerprint density at radius 3 is 3.20 bits per heavy atom. The number of hydrogen-bond acceptors (Lipinski definition) is 1. The fourth-order valence-corrected chi connectivity index (χ4v) is 1.18. The van der Waals surface area contributed by atoms with Crippen LogP contribution in [0.3, 0.4) is 0 Å². The van der Waals surface area contributed by atoms with Crippen molar-refractivity contribution in [1.82, 2.24) is 0 Å². The summed E-state index contributed by atoms with van der Waals surface area (Å²) in [4.78, 5) is 0. The lowest BCUT2D eigenvalue weighted by Crippen LogP contribution is -1.87. The average Bonchev–Trinajstić information content (AvgIpc) is 2.17. The van der Waals surface area contributed by atoms with Crippen LogP contribution < -0.4 is 0 Å². The molecule has 10 heavy (non-hydrogen) atoms. The van der Waals surface area contributed by atoms with E-state index < -0.39 is 0 Å². The van der Waals surface area contributed by atoms with Crippen molar-refractivity contribution in [3.63, 3.8) is 0 Å². The Morgan fingerprint density at radius 1 is 1.50 bits per heavy atom. The number of rotatable bonds is 2. The largest absolute Gasteiger partial charge is 0.396 e. The molecule has 1 rings (SSSR count).